The maximum atomic E-state index is 10.6. The highest BCUT2D eigenvalue weighted by Gasteiger charge is 2.09. The van der Waals surface area contributed by atoms with E-state index in [9.17, 15) is 5.11 Å². The van der Waals surface area contributed by atoms with Crippen LogP contribution in [0.1, 0.15) is 12.8 Å². The van der Waals surface area contributed by atoms with Crippen LogP contribution in [-0.4, -0.2) is 27.3 Å². The fourth-order valence-corrected chi connectivity index (χ4v) is 4.72. The number of aromatic hydroxyl groups is 1. The third-order valence-electron chi connectivity index (χ3n) is 6.99. The maximum Gasteiger partial charge on any atom is 0.243 e. The monoisotopic (exact) mass is 567 g/mol. The van der Waals surface area contributed by atoms with Crippen molar-refractivity contribution in [1.82, 2.24) is 9.13 Å². The number of hydrogen-bond donors (Lipinski definition) is 6. The number of imidazole rings is 2. The third kappa shape index (κ3) is 7.97. The molecule has 0 unspecified atom stereocenters. The summed E-state index contributed by atoms with van der Waals surface area (Å²) in [5.74, 6) is 0.0897. The summed E-state index contributed by atoms with van der Waals surface area (Å²) in [7, 11) is 4.05. The van der Waals surface area contributed by atoms with Gasteiger partial charge < -0.3 is 32.1 Å². The number of nitrogens with zero attached hydrogens (tertiary/aromatic N) is 4. The Kier molecular flexibility index (Phi) is 9.13. The van der Waals surface area contributed by atoms with Gasteiger partial charge in [-0.2, -0.15) is 0 Å². The van der Waals surface area contributed by atoms with Gasteiger partial charge in [0.2, 0.25) is 12.7 Å². The molecule has 5 aromatic rings. The van der Waals surface area contributed by atoms with E-state index in [1.54, 1.807) is 6.07 Å². The minimum absolute atomic E-state index is 0.0897. The number of phenolic OH excluding ortho intramolecular Hbond substituents is 1. The molecule has 2 heterocycles. The SMILES string of the molecule is C[n+]1ccn(CCCNc2ccc(Nc3cc(Nc4ccc(NCCCn5cc[n+](C)c5)cc4)c(O)cc3N)cc2)c1. The molecule has 0 bridgehead atoms. The van der Waals surface area contributed by atoms with Crippen LogP contribution in [0, 0.1) is 0 Å². The van der Waals surface area contributed by atoms with Gasteiger partial charge in [0.15, 0.2) is 0 Å². The number of aromatic nitrogens is 4. The molecule has 2 aromatic heterocycles. The molecule has 5 rings (SSSR count). The van der Waals surface area contributed by atoms with Gasteiger partial charge >= 0.3 is 0 Å². The Morgan fingerprint density at radius 3 is 1.57 bits per heavy atom. The molecule has 0 saturated carbocycles. The quantitative estimate of drug-likeness (QED) is 0.0381. The summed E-state index contributed by atoms with van der Waals surface area (Å²) in [6, 6.07) is 19.5. The zero-order valence-electron chi connectivity index (χ0n) is 24.3. The molecule has 10 nitrogen and oxygen atoms in total. The Morgan fingerprint density at radius 2 is 1.12 bits per heavy atom. The maximum absolute atomic E-state index is 10.6. The van der Waals surface area contributed by atoms with Crippen molar-refractivity contribution in [2.45, 2.75) is 25.9 Å². The van der Waals surface area contributed by atoms with Crippen LogP contribution in [-0.2, 0) is 27.2 Å². The Hall–Kier alpha value is -5.12. The number of nitrogens with one attached hydrogen (secondary N) is 4. The topological polar surface area (TPSA) is 112 Å². The molecular formula is C32H41N9O+2. The van der Waals surface area contributed by atoms with E-state index >= 15 is 0 Å². The average molecular weight is 568 g/mol. The van der Waals surface area contributed by atoms with Crippen molar-refractivity contribution >= 4 is 39.8 Å². The van der Waals surface area contributed by atoms with E-state index in [-0.39, 0.29) is 5.75 Å². The van der Waals surface area contributed by atoms with Crippen LogP contribution in [0.25, 0.3) is 0 Å². The molecule has 0 spiro atoms. The van der Waals surface area contributed by atoms with Crippen molar-refractivity contribution in [2.75, 3.05) is 40.1 Å². The summed E-state index contributed by atoms with van der Waals surface area (Å²) in [5, 5.41) is 24.2. The van der Waals surface area contributed by atoms with Gasteiger partial charge in [0, 0.05) is 54.7 Å². The van der Waals surface area contributed by atoms with Crippen molar-refractivity contribution < 1.29 is 14.2 Å². The summed E-state index contributed by atoms with van der Waals surface area (Å²) in [5.41, 5.74) is 11.9. The molecule has 0 fully saturated rings. The number of anilines is 7. The first-order chi connectivity index (χ1) is 20.4. The number of benzene rings is 3. The van der Waals surface area contributed by atoms with Gasteiger partial charge in [-0.1, -0.05) is 0 Å². The molecule has 0 atom stereocenters. The number of rotatable bonds is 14. The molecule has 0 aliphatic heterocycles. The fraction of sp³-hybridized carbons (Fsp3) is 0.250. The first kappa shape index (κ1) is 28.4. The second kappa shape index (κ2) is 13.5. The number of nitrogens with two attached hydrogens (primary N) is 1. The molecule has 0 amide bonds. The molecule has 0 saturated heterocycles. The van der Waals surface area contributed by atoms with Crippen LogP contribution in [0.15, 0.2) is 98.1 Å². The van der Waals surface area contributed by atoms with Crippen LogP contribution in [0.2, 0.25) is 0 Å². The van der Waals surface area contributed by atoms with E-state index in [4.69, 9.17) is 5.73 Å². The predicted molar refractivity (Wildman–Crippen MR) is 169 cm³/mol. The van der Waals surface area contributed by atoms with E-state index in [0.29, 0.717) is 17.1 Å². The smallest absolute Gasteiger partial charge is 0.243 e. The van der Waals surface area contributed by atoms with E-state index < -0.39 is 0 Å². The largest absolute Gasteiger partial charge is 0.506 e. The highest BCUT2D eigenvalue weighted by Crippen LogP contribution is 2.36. The summed E-state index contributed by atoms with van der Waals surface area (Å²) in [6.07, 6.45) is 14.5. The van der Waals surface area contributed by atoms with Crippen LogP contribution in [0.5, 0.6) is 5.75 Å². The average Bonchev–Trinajstić information content (AvgIpc) is 3.60. The minimum atomic E-state index is 0.0897. The summed E-state index contributed by atoms with van der Waals surface area (Å²) in [6.45, 7) is 3.71. The zero-order valence-corrected chi connectivity index (χ0v) is 24.3. The standard InChI is InChI=1S/C32H40N9O/c1-38-17-19-40(23-38)15-3-13-34-25-5-9-27(10-6-25)36-30-22-31(32(42)21-29(30)33)37-28-11-7-26(8-12-28)35-14-4-16-41-20-18-39(2)24-41/h5-12,17-24,34-37H,3-4,13-16,33H2,1-2H3/q+1/p+1. The molecule has 3 aromatic carbocycles. The Balaban J connectivity index is 1.11. The molecule has 7 N–H and O–H groups in total. The summed E-state index contributed by atoms with van der Waals surface area (Å²) >= 11 is 0. The Bertz CT molecular complexity index is 1460. The van der Waals surface area contributed by atoms with Gasteiger partial charge in [-0.25, -0.2) is 18.3 Å². The van der Waals surface area contributed by atoms with Gasteiger partial charge in [0.1, 0.15) is 30.5 Å². The van der Waals surface area contributed by atoms with Crippen LogP contribution in [0.3, 0.4) is 0 Å². The van der Waals surface area contributed by atoms with Crippen LogP contribution < -0.4 is 36.1 Å². The third-order valence-corrected chi connectivity index (χ3v) is 6.99. The van der Waals surface area contributed by atoms with Gasteiger partial charge in [0.25, 0.3) is 0 Å². The number of nitrogen functional groups attached to an aromatic ring is 1. The van der Waals surface area contributed by atoms with Gasteiger partial charge in [-0.15, -0.1) is 0 Å². The lowest BCUT2D eigenvalue weighted by atomic mass is 10.2. The molecule has 0 aliphatic carbocycles. The molecule has 0 radical (unpaired) electrons. The molecular weight excluding hydrogens is 526 g/mol. The molecule has 218 valence electrons. The first-order valence-electron chi connectivity index (χ1n) is 14.3. The lowest BCUT2D eigenvalue weighted by Crippen LogP contribution is -2.23. The minimum Gasteiger partial charge on any atom is -0.506 e. The summed E-state index contributed by atoms with van der Waals surface area (Å²) in [4.78, 5) is 0. The van der Waals surface area contributed by atoms with Crippen molar-refractivity contribution in [3.63, 3.8) is 0 Å². The molecule has 10 heteroatoms. The van der Waals surface area contributed by atoms with Crippen molar-refractivity contribution in [3.8, 4) is 5.75 Å². The molecule has 42 heavy (non-hydrogen) atoms. The van der Waals surface area contributed by atoms with Crippen LogP contribution >= 0.6 is 0 Å². The second-order valence-electron chi connectivity index (χ2n) is 10.6. The van der Waals surface area contributed by atoms with E-state index in [1.165, 1.54) is 0 Å². The van der Waals surface area contributed by atoms with Crippen molar-refractivity contribution in [3.05, 3.63) is 98.1 Å². The van der Waals surface area contributed by atoms with Gasteiger partial charge in [0.05, 0.1) is 44.2 Å². The highest BCUT2D eigenvalue weighted by molar-refractivity contribution is 5.82. The normalized spacial score (nSPS) is 10.9. The highest BCUT2D eigenvalue weighted by atomic mass is 16.3. The Labute approximate surface area is 247 Å². The van der Waals surface area contributed by atoms with Gasteiger partial charge in [-0.3, -0.25) is 0 Å². The number of hydrogen-bond acceptors (Lipinski definition) is 6. The van der Waals surface area contributed by atoms with Crippen molar-refractivity contribution in [2.24, 2.45) is 14.1 Å². The number of aryl methyl sites for hydroxylation is 4. The lowest BCUT2D eigenvalue weighted by molar-refractivity contribution is -0.671. The second-order valence-corrected chi connectivity index (χ2v) is 10.6. The zero-order chi connectivity index (χ0) is 29.3. The Morgan fingerprint density at radius 1 is 0.667 bits per heavy atom. The van der Waals surface area contributed by atoms with Gasteiger partial charge in [-0.05, 0) is 54.6 Å². The number of phenols is 1. The predicted octanol–water partition coefficient (Wildman–Crippen LogP) is 4.72. The first-order valence-corrected chi connectivity index (χ1v) is 14.3. The summed E-state index contributed by atoms with van der Waals surface area (Å²) < 4.78 is 8.45. The lowest BCUT2D eigenvalue weighted by Gasteiger charge is -2.15. The van der Waals surface area contributed by atoms with E-state index in [1.807, 2.05) is 90.2 Å². The fourth-order valence-electron chi connectivity index (χ4n) is 4.72. The van der Waals surface area contributed by atoms with E-state index in [0.717, 1.165) is 61.8 Å². The van der Waals surface area contributed by atoms with Crippen LogP contribution in [0.4, 0.5) is 39.8 Å². The van der Waals surface area contributed by atoms with E-state index in [2.05, 4.69) is 55.4 Å². The molecule has 0 aliphatic rings. The van der Waals surface area contributed by atoms with Crippen molar-refractivity contribution in [1.29, 1.82) is 0 Å².